The predicted octanol–water partition coefficient (Wildman–Crippen LogP) is 1.17. The fourth-order valence-electron chi connectivity index (χ4n) is 3.41. The van der Waals surface area contributed by atoms with Crippen molar-refractivity contribution in [1.29, 1.82) is 0 Å². The highest BCUT2D eigenvalue weighted by molar-refractivity contribution is 8.01. The van der Waals surface area contributed by atoms with Crippen LogP contribution in [0.3, 0.4) is 0 Å². The molecule has 1 amide bonds. The maximum Gasteiger partial charge on any atom is 0.407 e. The van der Waals surface area contributed by atoms with Gasteiger partial charge in [0.05, 0.1) is 18.6 Å². The third kappa shape index (κ3) is 1.47. The number of rotatable bonds is 2. The quantitative estimate of drug-likeness (QED) is 0.764. The summed E-state index contributed by atoms with van der Waals surface area (Å²) in [5, 5.41) is 3.09. The van der Waals surface area contributed by atoms with Crippen LogP contribution >= 0.6 is 11.8 Å². The van der Waals surface area contributed by atoms with Crippen molar-refractivity contribution in [3.63, 3.8) is 0 Å². The molecule has 100 valence electrons. The van der Waals surface area contributed by atoms with Gasteiger partial charge >= 0.3 is 12.1 Å². The van der Waals surface area contributed by atoms with E-state index in [0.29, 0.717) is 6.61 Å². The normalized spacial score (nSPS) is 43.3. The molecule has 6 heteroatoms. The number of carbonyl (C=O) groups excluding carboxylic acids is 2. The van der Waals surface area contributed by atoms with Gasteiger partial charge in [0.15, 0.2) is 0 Å². The fourth-order valence-corrected chi connectivity index (χ4v) is 5.35. The second kappa shape index (κ2) is 3.79. The number of carbonyl (C=O) groups is 2. The molecule has 0 aromatic rings. The molecule has 2 heterocycles. The molecule has 5 atom stereocenters. The molecular formula is C12H17NO4S. The summed E-state index contributed by atoms with van der Waals surface area (Å²) in [5.41, 5.74) is 0. The summed E-state index contributed by atoms with van der Waals surface area (Å²) in [4.78, 5) is 23.4. The molecule has 3 rings (SSSR count). The average Bonchev–Trinajstić information content (AvgIpc) is 2.72. The van der Waals surface area contributed by atoms with Gasteiger partial charge in [-0.05, 0) is 20.8 Å². The summed E-state index contributed by atoms with van der Waals surface area (Å²) < 4.78 is 10.3. The minimum atomic E-state index is -0.361. The number of esters is 1. The molecule has 0 aromatic heterocycles. The van der Waals surface area contributed by atoms with Crippen LogP contribution in [-0.2, 0) is 14.3 Å². The highest BCUT2D eigenvalue weighted by Gasteiger charge is 2.69. The smallest absolute Gasteiger partial charge is 0.407 e. The molecule has 0 bridgehead atoms. The third-order valence-corrected chi connectivity index (χ3v) is 5.85. The van der Waals surface area contributed by atoms with E-state index in [9.17, 15) is 9.59 Å². The molecule has 3 fully saturated rings. The van der Waals surface area contributed by atoms with Gasteiger partial charge in [-0.15, -0.1) is 11.8 Å². The van der Waals surface area contributed by atoms with Gasteiger partial charge in [-0.1, -0.05) is 0 Å². The van der Waals surface area contributed by atoms with Crippen LogP contribution in [-0.4, -0.2) is 40.8 Å². The lowest BCUT2D eigenvalue weighted by atomic mass is 9.66. The second-order valence-electron chi connectivity index (χ2n) is 5.53. The number of hydrogen-bond acceptors (Lipinski definition) is 5. The number of alkyl carbamates (subject to hydrolysis) is 1. The van der Waals surface area contributed by atoms with Crippen LogP contribution in [0.15, 0.2) is 0 Å². The summed E-state index contributed by atoms with van der Waals surface area (Å²) >= 11 is 1.76. The topological polar surface area (TPSA) is 64.6 Å². The zero-order chi connectivity index (χ0) is 13.1. The van der Waals surface area contributed by atoms with E-state index in [2.05, 4.69) is 19.2 Å². The maximum absolute atomic E-state index is 12.1. The molecule has 0 spiro atoms. The van der Waals surface area contributed by atoms with Crippen molar-refractivity contribution in [1.82, 2.24) is 5.32 Å². The average molecular weight is 271 g/mol. The first-order chi connectivity index (χ1) is 8.45. The molecule has 0 radical (unpaired) electrons. The third-order valence-electron chi connectivity index (χ3n) is 4.11. The number of amides is 1. The summed E-state index contributed by atoms with van der Waals surface area (Å²) in [6.45, 7) is 6.33. The van der Waals surface area contributed by atoms with E-state index in [1.54, 1.807) is 11.8 Å². The lowest BCUT2D eigenvalue weighted by Gasteiger charge is -2.42. The van der Waals surface area contributed by atoms with E-state index < -0.39 is 0 Å². The SMILES string of the molecule is CCOC(=O)[C@@H]1[C@H]2[C@H]3OC(=O)N[C@H]3[C@H]2SC1(C)C. The van der Waals surface area contributed by atoms with Crippen LogP contribution in [0.5, 0.6) is 0 Å². The van der Waals surface area contributed by atoms with E-state index >= 15 is 0 Å². The molecule has 1 N–H and O–H groups in total. The minimum Gasteiger partial charge on any atom is -0.466 e. The Morgan fingerprint density at radius 2 is 2.28 bits per heavy atom. The Morgan fingerprint density at radius 1 is 1.56 bits per heavy atom. The van der Waals surface area contributed by atoms with Gasteiger partial charge in [-0.25, -0.2) is 4.79 Å². The van der Waals surface area contributed by atoms with Crippen LogP contribution < -0.4 is 5.32 Å². The van der Waals surface area contributed by atoms with Crippen molar-refractivity contribution in [3.8, 4) is 0 Å². The molecule has 1 aliphatic carbocycles. The van der Waals surface area contributed by atoms with E-state index in [0.717, 1.165) is 0 Å². The van der Waals surface area contributed by atoms with Crippen LogP contribution in [0.25, 0.3) is 0 Å². The lowest BCUT2D eigenvalue weighted by Crippen LogP contribution is -2.60. The van der Waals surface area contributed by atoms with E-state index in [4.69, 9.17) is 9.47 Å². The molecule has 0 unspecified atom stereocenters. The van der Waals surface area contributed by atoms with Crippen molar-refractivity contribution in [2.75, 3.05) is 6.61 Å². The number of ether oxygens (including phenoxy) is 2. The Hall–Kier alpha value is -0.910. The minimum absolute atomic E-state index is 0.0613. The van der Waals surface area contributed by atoms with Crippen LogP contribution in [0.4, 0.5) is 4.79 Å². The summed E-state index contributed by atoms with van der Waals surface area (Å²) in [7, 11) is 0. The molecule has 3 aliphatic rings. The maximum atomic E-state index is 12.1. The van der Waals surface area contributed by atoms with Gasteiger partial charge in [0.25, 0.3) is 0 Å². The van der Waals surface area contributed by atoms with E-state index in [1.165, 1.54) is 0 Å². The molecular weight excluding hydrogens is 254 g/mol. The van der Waals surface area contributed by atoms with Gasteiger partial charge in [-0.2, -0.15) is 0 Å². The molecule has 18 heavy (non-hydrogen) atoms. The van der Waals surface area contributed by atoms with E-state index in [1.807, 2.05) is 6.92 Å². The first-order valence-electron chi connectivity index (χ1n) is 6.27. The molecule has 2 saturated heterocycles. The Kier molecular flexibility index (Phi) is 2.56. The zero-order valence-electron chi connectivity index (χ0n) is 10.6. The van der Waals surface area contributed by atoms with Crippen molar-refractivity contribution >= 4 is 23.8 Å². The van der Waals surface area contributed by atoms with Crippen molar-refractivity contribution in [2.45, 2.75) is 42.9 Å². The molecule has 0 aromatic carbocycles. The molecule has 1 saturated carbocycles. The first-order valence-corrected chi connectivity index (χ1v) is 7.15. The molecule has 5 nitrogen and oxygen atoms in total. The molecule has 2 aliphatic heterocycles. The first kappa shape index (κ1) is 12.1. The summed E-state index contributed by atoms with van der Waals surface area (Å²) in [5.74, 6) is -0.265. The van der Waals surface area contributed by atoms with E-state index in [-0.39, 0.29) is 46.0 Å². The highest BCUT2D eigenvalue weighted by atomic mass is 32.2. The predicted molar refractivity (Wildman–Crippen MR) is 66.3 cm³/mol. The zero-order valence-corrected chi connectivity index (χ0v) is 11.5. The van der Waals surface area contributed by atoms with Gasteiger partial charge in [0, 0.05) is 15.9 Å². The Balaban J connectivity index is 1.84. The summed E-state index contributed by atoms with van der Waals surface area (Å²) in [6, 6.07) is 0.0613. The van der Waals surface area contributed by atoms with Crippen molar-refractivity contribution < 1.29 is 19.1 Å². The lowest BCUT2D eigenvalue weighted by molar-refractivity contribution is -0.154. The Morgan fingerprint density at radius 3 is 2.94 bits per heavy atom. The highest BCUT2D eigenvalue weighted by Crippen LogP contribution is 2.61. The van der Waals surface area contributed by atoms with Gasteiger partial charge < -0.3 is 14.8 Å². The summed E-state index contributed by atoms with van der Waals surface area (Å²) in [6.07, 6.45) is -0.522. The van der Waals surface area contributed by atoms with Gasteiger partial charge in [-0.3, -0.25) is 4.79 Å². The van der Waals surface area contributed by atoms with Crippen molar-refractivity contribution in [3.05, 3.63) is 0 Å². The monoisotopic (exact) mass is 271 g/mol. The second-order valence-corrected chi connectivity index (χ2v) is 7.37. The van der Waals surface area contributed by atoms with Gasteiger partial charge in [0.1, 0.15) is 6.10 Å². The Bertz CT molecular complexity index is 411. The number of hydrogen-bond donors (Lipinski definition) is 1. The van der Waals surface area contributed by atoms with Crippen LogP contribution in [0, 0.1) is 11.8 Å². The fraction of sp³-hybridized carbons (Fsp3) is 0.833. The van der Waals surface area contributed by atoms with Gasteiger partial charge in [0.2, 0.25) is 0 Å². The van der Waals surface area contributed by atoms with Crippen LogP contribution in [0.1, 0.15) is 20.8 Å². The number of nitrogens with one attached hydrogen (secondary N) is 1. The van der Waals surface area contributed by atoms with Crippen LogP contribution in [0.2, 0.25) is 0 Å². The number of thioether (sulfide) groups is 1. The largest absolute Gasteiger partial charge is 0.466 e. The number of fused-ring (bicyclic) bond motifs is 4. The Labute approximate surface area is 110 Å². The van der Waals surface area contributed by atoms with Crippen molar-refractivity contribution in [2.24, 2.45) is 11.8 Å². The standard InChI is InChI=1S/C12H17NO4S/c1-4-16-10(14)6-5-8-7(13-11(15)17-8)9(5)18-12(6,2)3/h5-9H,4H2,1-3H3,(H,13,15)/t5-,6-,7+,8+,9-/m0/s1.